The second-order valence-electron chi connectivity index (χ2n) is 9.35. The third kappa shape index (κ3) is 7.40. The molecule has 0 aromatic carbocycles. The number of rotatable bonds is 11. The Morgan fingerprint density at radius 2 is 1.43 bits per heavy atom. The van der Waals surface area contributed by atoms with Crippen molar-refractivity contribution < 1.29 is 18.3 Å². The predicted molar refractivity (Wildman–Crippen MR) is 112 cm³/mol. The van der Waals surface area contributed by atoms with Crippen LogP contribution in [0, 0.1) is 23.7 Å². The Bertz CT molecular complexity index is 428. The molecule has 2 aliphatic carbocycles. The number of alkyl halides is 2. The molecule has 0 spiro atoms. The molecule has 0 N–H and O–H groups in total. The van der Waals surface area contributed by atoms with E-state index >= 15 is 0 Å². The van der Waals surface area contributed by atoms with Gasteiger partial charge in [0.25, 0.3) is 0 Å². The Hall–Kier alpha value is -0.480. The van der Waals surface area contributed by atoms with E-state index in [0.717, 1.165) is 44.4 Å². The van der Waals surface area contributed by atoms with Gasteiger partial charge in [-0.1, -0.05) is 32.8 Å². The zero-order valence-corrected chi connectivity index (χ0v) is 18.3. The van der Waals surface area contributed by atoms with Gasteiger partial charge in [0, 0.05) is 13.2 Å². The van der Waals surface area contributed by atoms with Crippen LogP contribution in [0.1, 0.15) is 78.6 Å². The van der Waals surface area contributed by atoms with E-state index in [2.05, 4.69) is 13.5 Å². The molecule has 0 aromatic rings. The molecule has 0 amide bonds. The van der Waals surface area contributed by atoms with Crippen LogP contribution >= 0.6 is 0 Å². The van der Waals surface area contributed by atoms with Crippen LogP contribution in [0.4, 0.5) is 8.78 Å². The summed E-state index contributed by atoms with van der Waals surface area (Å²) in [5.41, 5.74) is 0. The number of hydrogen-bond acceptors (Lipinski definition) is 2. The van der Waals surface area contributed by atoms with Gasteiger partial charge in [0.05, 0.1) is 12.2 Å². The molecular weight excluding hydrogens is 358 g/mol. The van der Waals surface area contributed by atoms with Gasteiger partial charge in [-0.15, -0.1) is 6.58 Å². The maximum Gasteiger partial charge on any atom is 0.160 e. The van der Waals surface area contributed by atoms with Crippen molar-refractivity contribution in [1.29, 1.82) is 0 Å². The summed E-state index contributed by atoms with van der Waals surface area (Å²) in [6.45, 7) is 10.8. The Morgan fingerprint density at radius 3 is 1.96 bits per heavy atom. The van der Waals surface area contributed by atoms with E-state index in [-0.39, 0.29) is 0 Å². The lowest BCUT2D eigenvalue weighted by atomic mass is 9.82. The quantitative estimate of drug-likeness (QED) is 0.360. The highest BCUT2D eigenvalue weighted by Crippen LogP contribution is 2.31. The third-order valence-corrected chi connectivity index (χ3v) is 7.01. The monoisotopic (exact) mass is 400 g/mol. The van der Waals surface area contributed by atoms with E-state index in [0.29, 0.717) is 37.4 Å². The molecule has 28 heavy (non-hydrogen) atoms. The first-order valence-corrected chi connectivity index (χ1v) is 11.6. The molecule has 164 valence electrons. The van der Waals surface area contributed by atoms with Gasteiger partial charge in [0.2, 0.25) is 0 Å². The molecule has 0 saturated heterocycles. The average Bonchev–Trinajstić information content (AvgIpc) is 2.73. The van der Waals surface area contributed by atoms with Gasteiger partial charge in [0.15, 0.2) is 12.3 Å². The Labute approximate surface area is 171 Å². The van der Waals surface area contributed by atoms with Gasteiger partial charge < -0.3 is 9.47 Å². The topological polar surface area (TPSA) is 18.5 Å². The van der Waals surface area contributed by atoms with Gasteiger partial charge in [-0.2, -0.15) is 0 Å². The number of ether oxygens (including phenoxy) is 2. The maximum absolute atomic E-state index is 14.8. The molecular formula is C24H42F2O2. The van der Waals surface area contributed by atoms with E-state index < -0.39 is 24.6 Å². The van der Waals surface area contributed by atoms with Crippen molar-refractivity contribution in [3.05, 3.63) is 12.7 Å². The molecule has 0 bridgehead atoms. The van der Waals surface area contributed by atoms with Crippen molar-refractivity contribution in [2.75, 3.05) is 13.2 Å². The summed E-state index contributed by atoms with van der Waals surface area (Å²) in [7, 11) is 0. The summed E-state index contributed by atoms with van der Waals surface area (Å²) < 4.78 is 41.1. The second kappa shape index (κ2) is 12.3. The minimum Gasteiger partial charge on any atom is -0.375 e. The molecule has 2 aliphatic rings. The largest absolute Gasteiger partial charge is 0.375 e. The predicted octanol–water partition coefficient (Wildman–Crippen LogP) is 6.68. The Kier molecular flexibility index (Phi) is 10.4. The van der Waals surface area contributed by atoms with Gasteiger partial charge in [-0.05, 0) is 75.5 Å². The first-order chi connectivity index (χ1) is 13.4. The van der Waals surface area contributed by atoms with Crippen LogP contribution in [0.3, 0.4) is 0 Å². The fraction of sp³-hybridized carbons (Fsp3) is 0.917. The van der Waals surface area contributed by atoms with Gasteiger partial charge >= 0.3 is 0 Å². The zero-order valence-electron chi connectivity index (χ0n) is 18.3. The summed E-state index contributed by atoms with van der Waals surface area (Å²) in [6, 6.07) is 0. The summed E-state index contributed by atoms with van der Waals surface area (Å²) in [6.07, 6.45) is 6.98. The highest BCUT2D eigenvalue weighted by atomic mass is 19.2. The molecule has 2 nitrogen and oxygen atoms in total. The van der Waals surface area contributed by atoms with E-state index in [9.17, 15) is 8.78 Å². The Balaban J connectivity index is 1.70. The first-order valence-electron chi connectivity index (χ1n) is 11.6. The van der Waals surface area contributed by atoms with Crippen molar-refractivity contribution >= 4 is 0 Å². The van der Waals surface area contributed by atoms with Gasteiger partial charge in [-0.25, -0.2) is 8.78 Å². The lowest BCUT2D eigenvalue weighted by Gasteiger charge is -2.31. The number of hydrogen-bond donors (Lipinski definition) is 0. The molecule has 0 aliphatic heterocycles. The molecule has 4 unspecified atom stereocenters. The molecule has 4 atom stereocenters. The Morgan fingerprint density at radius 1 is 0.893 bits per heavy atom. The lowest BCUT2D eigenvalue weighted by Crippen LogP contribution is -2.41. The second-order valence-corrected chi connectivity index (χ2v) is 9.35. The third-order valence-electron chi connectivity index (χ3n) is 7.01. The maximum atomic E-state index is 14.8. The summed E-state index contributed by atoms with van der Waals surface area (Å²) in [4.78, 5) is 0. The van der Waals surface area contributed by atoms with Gasteiger partial charge in [-0.3, -0.25) is 0 Å². The van der Waals surface area contributed by atoms with Crippen LogP contribution in [0.25, 0.3) is 0 Å². The number of halogens is 2. The van der Waals surface area contributed by atoms with Crippen LogP contribution in [-0.4, -0.2) is 37.8 Å². The van der Waals surface area contributed by atoms with Crippen molar-refractivity contribution in [3.63, 3.8) is 0 Å². The van der Waals surface area contributed by atoms with Crippen LogP contribution in [0.2, 0.25) is 0 Å². The molecule has 0 aromatic heterocycles. The normalized spacial score (nSPS) is 33.0. The SMILES string of the molecule is C=CC1CCC(COC(C)C(F)C(F)C(CC)OCC2CCC(C)CC2)CC1. The molecule has 2 saturated carbocycles. The minimum atomic E-state index is -1.64. The summed E-state index contributed by atoms with van der Waals surface area (Å²) in [5.74, 6) is 2.34. The first kappa shape index (κ1) is 23.8. The number of allylic oxidation sites excluding steroid dienone is 1. The fourth-order valence-electron chi connectivity index (χ4n) is 4.62. The minimum absolute atomic E-state index is 0.454. The summed E-state index contributed by atoms with van der Waals surface area (Å²) >= 11 is 0. The van der Waals surface area contributed by atoms with Gasteiger partial charge in [0.1, 0.15) is 0 Å². The highest BCUT2D eigenvalue weighted by molar-refractivity contribution is 4.85. The van der Waals surface area contributed by atoms with E-state index in [1.807, 2.05) is 13.0 Å². The van der Waals surface area contributed by atoms with Crippen LogP contribution in [0.15, 0.2) is 12.7 Å². The van der Waals surface area contributed by atoms with Crippen LogP contribution in [-0.2, 0) is 9.47 Å². The smallest absolute Gasteiger partial charge is 0.160 e. The van der Waals surface area contributed by atoms with Crippen molar-refractivity contribution in [3.8, 4) is 0 Å². The van der Waals surface area contributed by atoms with E-state index in [1.165, 1.54) is 12.8 Å². The van der Waals surface area contributed by atoms with Crippen LogP contribution < -0.4 is 0 Å². The van der Waals surface area contributed by atoms with Crippen molar-refractivity contribution in [1.82, 2.24) is 0 Å². The van der Waals surface area contributed by atoms with E-state index in [4.69, 9.17) is 9.47 Å². The van der Waals surface area contributed by atoms with E-state index in [1.54, 1.807) is 6.92 Å². The lowest BCUT2D eigenvalue weighted by molar-refractivity contribution is -0.0904. The molecule has 0 heterocycles. The zero-order chi connectivity index (χ0) is 20.5. The standard InChI is InChI=1S/C24H42F2O2/c1-5-19-11-13-21(14-12-19)15-27-18(4)23(25)24(26)22(6-2)28-16-20-9-7-17(3)8-10-20/h5,17-24H,1,6-16H2,2-4H3. The molecule has 2 fully saturated rings. The molecule has 0 radical (unpaired) electrons. The van der Waals surface area contributed by atoms with Crippen molar-refractivity contribution in [2.24, 2.45) is 23.7 Å². The fourth-order valence-corrected chi connectivity index (χ4v) is 4.62. The molecule has 4 heteroatoms. The van der Waals surface area contributed by atoms with Crippen molar-refractivity contribution in [2.45, 2.75) is 103 Å². The summed E-state index contributed by atoms with van der Waals surface area (Å²) in [5, 5.41) is 0. The highest BCUT2D eigenvalue weighted by Gasteiger charge is 2.35. The average molecular weight is 401 g/mol. The molecule has 2 rings (SSSR count). The van der Waals surface area contributed by atoms with Crippen LogP contribution in [0.5, 0.6) is 0 Å².